The Morgan fingerprint density at radius 1 is 0.965 bits per heavy atom. The molecule has 8 N–H and O–H groups in total. The molecule has 7 rings (SSSR count). The van der Waals surface area contributed by atoms with Crippen molar-refractivity contribution in [3.63, 3.8) is 0 Å². The number of fused-ring (bicyclic) bond motifs is 3. The van der Waals surface area contributed by atoms with E-state index in [2.05, 4.69) is 55.4 Å². The van der Waals surface area contributed by atoms with Crippen molar-refractivity contribution in [2.45, 2.75) is 179 Å². The van der Waals surface area contributed by atoms with Crippen molar-refractivity contribution in [1.29, 1.82) is 0 Å². The van der Waals surface area contributed by atoms with Crippen molar-refractivity contribution < 1.29 is 25.2 Å². The second-order valence-corrected chi connectivity index (χ2v) is 20.2. The van der Waals surface area contributed by atoms with Gasteiger partial charge in [0.2, 0.25) is 0 Å². The average Bonchev–Trinajstić information content (AvgIpc) is 3.74. The summed E-state index contributed by atoms with van der Waals surface area (Å²) in [6, 6.07) is 2.47. The Balaban J connectivity index is 1.11. The number of dihydropyridines is 1. The van der Waals surface area contributed by atoms with Gasteiger partial charge in [-0.15, -0.1) is 0 Å². The largest absolute Gasteiger partial charge is 0.481 e. The van der Waals surface area contributed by atoms with Gasteiger partial charge < -0.3 is 36.5 Å². The van der Waals surface area contributed by atoms with Gasteiger partial charge in [-0.2, -0.15) is 0 Å². The van der Waals surface area contributed by atoms with Crippen LogP contribution in [0.2, 0.25) is 0 Å². The van der Waals surface area contributed by atoms with E-state index in [-0.39, 0.29) is 42.1 Å². The van der Waals surface area contributed by atoms with Gasteiger partial charge in [0.1, 0.15) is 0 Å². The van der Waals surface area contributed by atoms with Crippen LogP contribution >= 0.6 is 0 Å². The van der Waals surface area contributed by atoms with E-state index in [9.17, 15) is 25.2 Å². The topological polar surface area (TPSA) is 152 Å². The van der Waals surface area contributed by atoms with Crippen molar-refractivity contribution in [3.8, 4) is 0 Å². The molecule has 0 unspecified atom stereocenters. The van der Waals surface area contributed by atoms with E-state index in [0.717, 1.165) is 82.6 Å². The van der Waals surface area contributed by atoms with Crippen molar-refractivity contribution in [1.82, 2.24) is 10.3 Å². The summed E-state index contributed by atoms with van der Waals surface area (Å²) in [6.45, 7) is 7.85. The van der Waals surface area contributed by atoms with Crippen LogP contribution in [0.3, 0.4) is 0 Å². The van der Waals surface area contributed by atoms with Gasteiger partial charge in [0.15, 0.2) is 0 Å². The molecule has 57 heavy (non-hydrogen) atoms. The lowest BCUT2D eigenvalue weighted by atomic mass is 9.61. The number of aliphatic hydroxyl groups is 3. The molecule has 8 nitrogen and oxygen atoms in total. The Morgan fingerprint density at radius 3 is 2.54 bits per heavy atom. The number of aromatic nitrogens is 1. The van der Waals surface area contributed by atoms with Crippen LogP contribution in [0.25, 0.3) is 0 Å². The van der Waals surface area contributed by atoms with Gasteiger partial charge in [-0.05, 0) is 154 Å². The molecule has 0 bridgehead atoms. The van der Waals surface area contributed by atoms with Gasteiger partial charge >= 0.3 is 5.97 Å². The molecule has 0 amide bonds. The zero-order chi connectivity index (χ0) is 40.3. The first-order valence-corrected chi connectivity index (χ1v) is 23.5. The SMILES string of the molecule is CCCCC[C@@H]1C=C[C@@H](CCCC[C@H]2CC[C@@H](c3cc4c([nH]3)C[C@@H]3CCC[C@H](C)[C@H]3[C@H]4C)[C@@H]3C[C@H](CC4=CCNC(N)=C4)C[C@@]3(O)CC[C@H](O)[C@H]2C(=O)O)[C@H](O)C1. The molecule has 2 heterocycles. The number of carboxylic acid groups (broad SMARTS) is 1. The molecule has 1 aromatic heterocycles. The fraction of sp³-hybridized carbons (Fsp3) is 0.776. The summed E-state index contributed by atoms with van der Waals surface area (Å²) in [4.78, 5) is 17.1. The predicted octanol–water partition coefficient (Wildman–Crippen LogP) is 9.23. The van der Waals surface area contributed by atoms with E-state index in [1.165, 1.54) is 61.0 Å². The number of aromatic amines is 1. The lowest BCUT2D eigenvalue weighted by Gasteiger charge is -2.43. The van der Waals surface area contributed by atoms with Crippen LogP contribution in [-0.4, -0.2) is 55.7 Å². The number of allylic oxidation sites excluding steroid dienone is 3. The molecule has 0 aromatic carbocycles. The second-order valence-electron chi connectivity index (χ2n) is 20.2. The van der Waals surface area contributed by atoms with Crippen LogP contribution in [0.5, 0.6) is 0 Å². The maximum atomic E-state index is 13.1. The Labute approximate surface area is 343 Å². The summed E-state index contributed by atoms with van der Waals surface area (Å²) in [7, 11) is 0. The van der Waals surface area contributed by atoms with Crippen LogP contribution in [0.15, 0.2) is 41.8 Å². The zero-order valence-electron chi connectivity index (χ0n) is 35.5. The molecule has 6 aliphatic rings. The molecule has 5 aliphatic carbocycles. The smallest absolute Gasteiger partial charge is 0.309 e. The lowest BCUT2D eigenvalue weighted by molar-refractivity contribution is -0.150. The molecular weight excluding hydrogens is 711 g/mol. The maximum absolute atomic E-state index is 13.1. The predicted molar refractivity (Wildman–Crippen MR) is 228 cm³/mol. The number of carboxylic acids is 1. The molecule has 0 saturated heterocycles. The third kappa shape index (κ3) is 9.75. The van der Waals surface area contributed by atoms with Gasteiger partial charge in [-0.25, -0.2) is 0 Å². The summed E-state index contributed by atoms with van der Waals surface area (Å²) in [5, 5.41) is 49.4. The molecule has 1 aromatic rings. The summed E-state index contributed by atoms with van der Waals surface area (Å²) in [5.41, 5.74) is 10.5. The average molecular weight is 788 g/mol. The number of hydrogen-bond acceptors (Lipinski definition) is 6. The van der Waals surface area contributed by atoms with Crippen molar-refractivity contribution in [2.24, 2.45) is 59.0 Å². The monoisotopic (exact) mass is 788 g/mol. The summed E-state index contributed by atoms with van der Waals surface area (Å²) >= 11 is 0. The molecule has 8 heteroatoms. The molecule has 3 saturated carbocycles. The Bertz CT molecular complexity index is 1600. The normalized spacial score (nSPS) is 39.6. The van der Waals surface area contributed by atoms with Gasteiger partial charge in [0.05, 0.1) is 29.5 Å². The third-order valence-electron chi connectivity index (χ3n) is 16.4. The Morgan fingerprint density at radius 2 is 1.77 bits per heavy atom. The van der Waals surface area contributed by atoms with E-state index >= 15 is 0 Å². The second kappa shape index (κ2) is 18.8. The van der Waals surface area contributed by atoms with Crippen molar-refractivity contribution in [2.75, 3.05) is 6.54 Å². The fourth-order valence-corrected chi connectivity index (χ4v) is 13.5. The molecule has 3 fully saturated rings. The van der Waals surface area contributed by atoms with Gasteiger partial charge in [0, 0.05) is 29.8 Å². The molecule has 14 atom stereocenters. The summed E-state index contributed by atoms with van der Waals surface area (Å²) in [6.07, 6.45) is 26.3. The highest BCUT2D eigenvalue weighted by atomic mass is 16.4. The number of nitrogens with one attached hydrogen (secondary N) is 2. The molecule has 1 aliphatic heterocycles. The molecule has 0 spiro atoms. The number of aliphatic hydroxyl groups excluding tert-OH is 2. The van der Waals surface area contributed by atoms with Gasteiger partial charge in [-0.3, -0.25) is 4.79 Å². The first-order chi connectivity index (χ1) is 27.4. The minimum absolute atomic E-state index is 0.0161. The number of aliphatic carboxylic acids is 1. The van der Waals surface area contributed by atoms with Crippen LogP contribution < -0.4 is 11.1 Å². The van der Waals surface area contributed by atoms with E-state index in [0.29, 0.717) is 42.8 Å². The highest BCUT2D eigenvalue weighted by molar-refractivity contribution is 5.71. The summed E-state index contributed by atoms with van der Waals surface area (Å²) in [5.74, 6) is 2.44. The summed E-state index contributed by atoms with van der Waals surface area (Å²) < 4.78 is 0. The minimum atomic E-state index is -1.00. The van der Waals surface area contributed by atoms with E-state index in [1.54, 1.807) is 0 Å². The van der Waals surface area contributed by atoms with E-state index in [1.807, 2.05) is 6.08 Å². The lowest BCUT2D eigenvalue weighted by Crippen LogP contribution is -2.42. The Hall–Kier alpha value is -2.55. The molecule has 0 radical (unpaired) electrons. The number of hydrogen-bond donors (Lipinski definition) is 7. The van der Waals surface area contributed by atoms with Crippen LogP contribution in [0, 0.1) is 53.3 Å². The number of H-pyrrole nitrogens is 1. The first kappa shape index (κ1) is 42.6. The van der Waals surface area contributed by atoms with Crippen LogP contribution in [-0.2, 0) is 11.2 Å². The first-order valence-electron chi connectivity index (χ1n) is 23.5. The number of unbranched alkanes of at least 4 members (excludes halogenated alkanes) is 3. The van der Waals surface area contributed by atoms with Crippen molar-refractivity contribution in [3.05, 3.63) is 58.7 Å². The number of nitrogens with two attached hydrogens (primary N) is 1. The Kier molecular flexibility index (Phi) is 14.0. The third-order valence-corrected chi connectivity index (χ3v) is 16.4. The van der Waals surface area contributed by atoms with Crippen LogP contribution in [0.4, 0.5) is 0 Å². The van der Waals surface area contributed by atoms with Gasteiger partial charge in [-0.1, -0.05) is 83.9 Å². The van der Waals surface area contributed by atoms with Gasteiger partial charge in [0.25, 0.3) is 0 Å². The molecule has 318 valence electrons. The molecular formula is C49H77N3O5. The number of carbonyl (C=O) groups is 1. The number of rotatable bonds is 13. The standard InChI is InChI=1S/C49H77N3O5/c1-4-5-6-11-32-15-16-35(44(54)25-32)12-7-8-13-36-17-18-38(42-28-39-31(3)46-30(2)10-9-14-37(46)27-41(39)52-42)40-24-34(23-33-20-22-51-45(50)26-33)29-49(40,57)21-19-43(53)47(36)48(55)56/h15-16,20,26,28,30-32,34-38,40,43-44,46-47,51-54,57H,4-14,17-19,21-25,27,29,50H2,1-3H3,(H,55,56)/t30-,31-,32+,34-,35+,36-,37-,38+,40-,43-,44+,46-,47-,49-/m0/s1. The van der Waals surface area contributed by atoms with Crippen LogP contribution in [0.1, 0.15) is 172 Å². The fourth-order valence-electron chi connectivity index (χ4n) is 13.5. The van der Waals surface area contributed by atoms with E-state index < -0.39 is 23.6 Å². The zero-order valence-corrected chi connectivity index (χ0v) is 35.5. The minimum Gasteiger partial charge on any atom is -0.481 e. The quantitative estimate of drug-likeness (QED) is 0.0778. The van der Waals surface area contributed by atoms with Crippen molar-refractivity contribution >= 4 is 5.97 Å². The highest BCUT2D eigenvalue weighted by Gasteiger charge is 2.52. The van der Waals surface area contributed by atoms with E-state index in [4.69, 9.17) is 5.73 Å². The highest BCUT2D eigenvalue weighted by Crippen LogP contribution is 2.55. The maximum Gasteiger partial charge on any atom is 0.309 e.